The molecule has 9 heteroatoms. The molecule has 0 aromatic heterocycles. The second-order valence-electron chi connectivity index (χ2n) is 15.6. The van der Waals surface area contributed by atoms with Crippen LogP contribution in [0.3, 0.4) is 0 Å². The van der Waals surface area contributed by atoms with E-state index in [-0.39, 0.29) is 25.7 Å². The van der Waals surface area contributed by atoms with Gasteiger partial charge in [0.1, 0.15) is 0 Å². The average Bonchev–Trinajstić information content (AvgIpc) is 3.19. The number of nitrogens with one attached hydrogen (secondary N) is 1. The van der Waals surface area contributed by atoms with Crippen molar-refractivity contribution in [3.8, 4) is 0 Å². The first-order valence-electron chi connectivity index (χ1n) is 23.3. The predicted octanol–water partition coefficient (Wildman–Crippen LogP) is 13.3. The molecule has 3 unspecified atom stereocenters. The third-order valence-electron chi connectivity index (χ3n) is 10.1. The quantitative estimate of drug-likeness (QED) is 0.0274. The summed E-state index contributed by atoms with van der Waals surface area (Å²) < 4.78 is 22.1. The van der Waals surface area contributed by atoms with Gasteiger partial charge in [-0.25, -0.2) is 4.57 Å². The molecule has 5 N–H and O–H groups in total. The van der Waals surface area contributed by atoms with Crippen molar-refractivity contribution < 1.29 is 28.4 Å². The first-order valence-corrected chi connectivity index (χ1v) is 24.8. The molecular weight excluding hydrogens is 719 g/mol. The van der Waals surface area contributed by atoms with E-state index in [1.807, 2.05) is 6.08 Å². The van der Waals surface area contributed by atoms with E-state index in [4.69, 9.17) is 14.8 Å². The molecule has 0 heterocycles. The van der Waals surface area contributed by atoms with E-state index in [1.165, 1.54) is 148 Å². The molecule has 0 aromatic carbocycles. The maximum atomic E-state index is 12.8. The summed E-state index contributed by atoms with van der Waals surface area (Å²) >= 11 is 0. The first-order chi connectivity index (χ1) is 27.4. The minimum absolute atomic E-state index is 0.0722. The van der Waals surface area contributed by atoms with Crippen LogP contribution in [0.15, 0.2) is 48.6 Å². The Kier molecular flexibility index (Phi) is 41.9. The normalized spacial score (nSPS) is 14.4. The monoisotopic (exact) mass is 809 g/mol. The number of allylic oxidation sites excluding steroid dienone is 7. The van der Waals surface area contributed by atoms with Crippen molar-refractivity contribution in [3.63, 3.8) is 0 Å². The second kappa shape index (κ2) is 43.0. The standard InChI is InChI=1S/C47H89N2O6P/c1-3-5-7-9-11-13-15-17-19-21-22-23-24-25-27-29-31-33-35-37-39-41-47(51)49-45(44-55-56(52,53)54-43-42-48)46(50)40-38-36-34-32-30-28-26-20-18-16-14-12-10-8-6-4-2/h15,17,21-22,30,32,38,40,45-46,50H,3-14,16,18-20,23-29,31,33-37,39,41-44,48H2,1-2H3,(H,49,51)(H,52,53)/b17-15-,22-21-,32-30+,40-38+. The highest BCUT2D eigenvalue weighted by Crippen LogP contribution is 2.43. The number of hydrogen-bond donors (Lipinski definition) is 4. The van der Waals surface area contributed by atoms with Crippen LogP contribution in [0.4, 0.5) is 0 Å². The van der Waals surface area contributed by atoms with Crippen molar-refractivity contribution in [1.82, 2.24) is 5.32 Å². The summed E-state index contributed by atoms with van der Waals surface area (Å²) in [6.45, 7) is 4.10. The van der Waals surface area contributed by atoms with Gasteiger partial charge < -0.3 is 21.1 Å². The first kappa shape index (κ1) is 54.5. The highest BCUT2D eigenvalue weighted by Gasteiger charge is 2.26. The fraction of sp³-hybridized carbons (Fsp3) is 0.809. The largest absolute Gasteiger partial charge is 0.472 e. The van der Waals surface area contributed by atoms with Gasteiger partial charge in [0.25, 0.3) is 0 Å². The molecule has 0 spiro atoms. The zero-order valence-electron chi connectivity index (χ0n) is 36.4. The maximum Gasteiger partial charge on any atom is 0.472 e. The molecule has 0 fully saturated rings. The van der Waals surface area contributed by atoms with Gasteiger partial charge in [-0.2, -0.15) is 0 Å². The van der Waals surface area contributed by atoms with Crippen LogP contribution in [0.5, 0.6) is 0 Å². The molecule has 0 aliphatic carbocycles. The Hall–Kier alpha value is -1.54. The molecule has 56 heavy (non-hydrogen) atoms. The van der Waals surface area contributed by atoms with Gasteiger partial charge in [0.2, 0.25) is 5.91 Å². The number of nitrogens with two attached hydrogens (primary N) is 1. The van der Waals surface area contributed by atoms with Gasteiger partial charge in [0.15, 0.2) is 0 Å². The molecule has 0 aliphatic rings. The summed E-state index contributed by atoms with van der Waals surface area (Å²) in [6, 6.07) is -0.880. The molecule has 0 aromatic rings. The summed E-state index contributed by atoms with van der Waals surface area (Å²) in [5, 5.41) is 13.7. The number of aliphatic hydroxyl groups excluding tert-OH is 1. The van der Waals surface area contributed by atoms with Gasteiger partial charge in [0, 0.05) is 13.0 Å². The van der Waals surface area contributed by atoms with E-state index in [1.54, 1.807) is 6.08 Å². The summed E-state index contributed by atoms with van der Waals surface area (Å²) in [7, 11) is -4.35. The van der Waals surface area contributed by atoms with Crippen LogP contribution in [0, 0.1) is 0 Å². The van der Waals surface area contributed by atoms with Crippen molar-refractivity contribution in [2.75, 3.05) is 19.8 Å². The van der Waals surface area contributed by atoms with Crippen LogP contribution >= 0.6 is 7.82 Å². The van der Waals surface area contributed by atoms with Gasteiger partial charge >= 0.3 is 7.82 Å². The lowest BCUT2D eigenvalue weighted by Crippen LogP contribution is -2.45. The lowest BCUT2D eigenvalue weighted by molar-refractivity contribution is -0.123. The molecule has 8 nitrogen and oxygen atoms in total. The van der Waals surface area contributed by atoms with E-state index in [0.717, 1.165) is 44.9 Å². The van der Waals surface area contributed by atoms with Gasteiger partial charge in [-0.1, -0.05) is 191 Å². The van der Waals surface area contributed by atoms with Crippen LogP contribution in [0.1, 0.15) is 213 Å². The zero-order valence-corrected chi connectivity index (χ0v) is 37.3. The summed E-state index contributed by atoms with van der Waals surface area (Å²) in [5.41, 5.74) is 5.38. The zero-order chi connectivity index (χ0) is 41.1. The molecule has 3 atom stereocenters. The number of aliphatic hydroxyl groups is 1. The third kappa shape index (κ3) is 40.6. The fourth-order valence-corrected chi connectivity index (χ4v) is 7.35. The lowest BCUT2D eigenvalue weighted by atomic mass is 10.1. The van der Waals surface area contributed by atoms with Crippen LogP contribution < -0.4 is 11.1 Å². The molecule has 0 aliphatic heterocycles. The van der Waals surface area contributed by atoms with Crippen molar-refractivity contribution in [2.45, 2.75) is 225 Å². The Balaban J connectivity index is 4.21. The molecular formula is C47H89N2O6P. The molecule has 0 radical (unpaired) electrons. The number of amides is 1. The van der Waals surface area contributed by atoms with E-state index in [9.17, 15) is 19.4 Å². The van der Waals surface area contributed by atoms with Gasteiger partial charge in [-0.05, 0) is 64.2 Å². The topological polar surface area (TPSA) is 131 Å². The number of carbonyl (C=O) groups excluding carboxylic acids is 1. The highest BCUT2D eigenvalue weighted by molar-refractivity contribution is 7.47. The Morgan fingerprint density at radius 2 is 1.00 bits per heavy atom. The van der Waals surface area contributed by atoms with Crippen molar-refractivity contribution in [1.29, 1.82) is 0 Å². The number of carbonyl (C=O) groups is 1. The van der Waals surface area contributed by atoms with E-state index in [0.29, 0.717) is 6.42 Å². The highest BCUT2D eigenvalue weighted by atomic mass is 31.2. The van der Waals surface area contributed by atoms with E-state index in [2.05, 4.69) is 55.6 Å². The fourth-order valence-electron chi connectivity index (χ4n) is 6.59. The maximum absolute atomic E-state index is 12.8. The second-order valence-corrected chi connectivity index (χ2v) is 17.1. The SMILES string of the molecule is CCCCCCC/C=C\C/C=C\CCCCCCCCCCCC(=O)NC(COP(=O)(O)OCCN)C(O)/C=C/CC/C=C/CCCCCCCCCCCC. The number of rotatable bonds is 43. The van der Waals surface area contributed by atoms with Crippen LogP contribution in [0.2, 0.25) is 0 Å². The Morgan fingerprint density at radius 1 is 0.589 bits per heavy atom. The number of phosphoric acid groups is 1. The summed E-state index contributed by atoms with van der Waals surface area (Å²) in [6.07, 6.45) is 53.1. The minimum atomic E-state index is -4.35. The van der Waals surface area contributed by atoms with Gasteiger partial charge in [-0.3, -0.25) is 13.8 Å². The lowest BCUT2D eigenvalue weighted by Gasteiger charge is -2.23. The summed E-state index contributed by atoms with van der Waals surface area (Å²) in [4.78, 5) is 22.7. The molecule has 328 valence electrons. The smallest absolute Gasteiger partial charge is 0.387 e. The van der Waals surface area contributed by atoms with Crippen molar-refractivity contribution in [2.24, 2.45) is 5.73 Å². The van der Waals surface area contributed by atoms with Crippen molar-refractivity contribution >= 4 is 13.7 Å². The summed E-state index contributed by atoms with van der Waals surface area (Å²) in [5.74, 6) is -0.209. The molecule has 0 bridgehead atoms. The van der Waals surface area contributed by atoms with Crippen LogP contribution in [0.25, 0.3) is 0 Å². The Labute approximate surface area is 345 Å². The molecule has 0 saturated heterocycles. The van der Waals surface area contributed by atoms with E-state index >= 15 is 0 Å². The number of unbranched alkanes of at least 4 members (excludes halogenated alkanes) is 25. The number of phosphoric ester groups is 1. The molecule has 0 rings (SSSR count). The Bertz CT molecular complexity index is 1020. The predicted molar refractivity (Wildman–Crippen MR) is 240 cm³/mol. The van der Waals surface area contributed by atoms with E-state index < -0.39 is 20.0 Å². The van der Waals surface area contributed by atoms with Gasteiger partial charge in [0.05, 0.1) is 25.4 Å². The average molecular weight is 809 g/mol. The minimum Gasteiger partial charge on any atom is -0.387 e. The van der Waals surface area contributed by atoms with Crippen LogP contribution in [-0.2, 0) is 18.4 Å². The molecule has 0 saturated carbocycles. The van der Waals surface area contributed by atoms with Crippen molar-refractivity contribution in [3.05, 3.63) is 48.6 Å². The number of hydrogen-bond acceptors (Lipinski definition) is 6. The van der Waals surface area contributed by atoms with Gasteiger partial charge in [-0.15, -0.1) is 0 Å². The third-order valence-corrected chi connectivity index (χ3v) is 11.1. The molecule has 1 amide bonds. The van der Waals surface area contributed by atoms with Crippen LogP contribution in [-0.4, -0.2) is 47.8 Å². The Morgan fingerprint density at radius 3 is 1.48 bits per heavy atom.